The highest BCUT2D eigenvalue weighted by Gasteiger charge is 2.19. The minimum atomic E-state index is -0.965. The second-order valence-corrected chi connectivity index (χ2v) is 5.16. The summed E-state index contributed by atoms with van der Waals surface area (Å²) < 4.78 is 0. The van der Waals surface area contributed by atoms with Gasteiger partial charge in [-0.2, -0.15) is 0 Å². The van der Waals surface area contributed by atoms with Gasteiger partial charge >= 0.3 is 11.8 Å². The highest BCUT2D eigenvalue weighted by molar-refractivity contribution is 6.44. The molecule has 4 N–H and O–H groups in total. The molecule has 0 heterocycles. The SMILES string of the molecule is CNC(=O)c1ccccc1NC(=O)C(=O)Nc1ccccc1C(=O)NC. The molecule has 2 aromatic rings. The normalized spacial score (nSPS) is 9.77. The number of nitrogens with one attached hydrogen (secondary N) is 4. The van der Waals surface area contributed by atoms with E-state index in [2.05, 4.69) is 21.3 Å². The first-order chi connectivity index (χ1) is 12.5. The molecule has 2 aromatic carbocycles. The van der Waals surface area contributed by atoms with Crippen molar-refractivity contribution in [1.82, 2.24) is 10.6 Å². The lowest BCUT2D eigenvalue weighted by molar-refractivity contribution is -0.133. The van der Waals surface area contributed by atoms with Crippen LogP contribution in [0, 0.1) is 0 Å². The second kappa shape index (κ2) is 8.43. The maximum Gasteiger partial charge on any atom is 0.314 e. The Kier molecular flexibility index (Phi) is 6.05. The quantitative estimate of drug-likeness (QED) is 0.613. The lowest BCUT2D eigenvalue weighted by Crippen LogP contribution is -2.31. The van der Waals surface area contributed by atoms with E-state index in [-0.39, 0.29) is 22.5 Å². The maximum atomic E-state index is 12.2. The summed E-state index contributed by atoms with van der Waals surface area (Å²) in [6, 6.07) is 12.6. The smallest absolute Gasteiger partial charge is 0.314 e. The Labute approximate surface area is 150 Å². The van der Waals surface area contributed by atoms with Gasteiger partial charge in [-0.3, -0.25) is 19.2 Å². The van der Waals surface area contributed by atoms with Crippen LogP contribution in [0.5, 0.6) is 0 Å². The van der Waals surface area contributed by atoms with Gasteiger partial charge in [0.1, 0.15) is 0 Å². The average molecular weight is 354 g/mol. The highest BCUT2D eigenvalue weighted by atomic mass is 16.2. The van der Waals surface area contributed by atoms with Gasteiger partial charge in [0.2, 0.25) is 0 Å². The summed E-state index contributed by atoms with van der Waals surface area (Å²) in [6.07, 6.45) is 0. The molecule has 0 aliphatic carbocycles. The van der Waals surface area contributed by atoms with Gasteiger partial charge in [-0.15, -0.1) is 0 Å². The van der Waals surface area contributed by atoms with Crippen LogP contribution in [0.1, 0.15) is 20.7 Å². The topological polar surface area (TPSA) is 116 Å². The number of amides is 4. The summed E-state index contributed by atoms with van der Waals surface area (Å²) in [4.78, 5) is 48.0. The van der Waals surface area contributed by atoms with Gasteiger partial charge in [0, 0.05) is 14.1 Å². The van der Waals surface area contributed by atoms with Crippen LogP contribution in [0.3, 0.4) is 0 Å². The molecule has 0 radical (unpaired) electrons. The Balaban J connectivity index is 2.17. The zero-order chi connectivity index (χ0) is 19.1. The fraction of sp³-hybridized carbons (Fsp3) is 0.111. The molecule has 0 atom stereocenters. The number of para-hydroxylation sites is 2. The van der Waals surface area contributed by atoms with Gasteiger partial charge < -0.3 is 21.3 Å². The number of hydrogen-bond donors (Lipinski definition) is 4. The third kappa shape index (κ3) is 4.23. The molecule has 26 heavy (non-hydrogen) atoms. The number of rotatable bonds is 4. The summed E-state index contributed by atoms with van der Waals surface area (Å²) in [5.41, 5.74) is 0.849. The Morgan fingerprint density at radius 1 is 0.615 bits per heavy atom. The van der Waals surface area contributed by atoms with E-state index in [9.17, 15) is 19.2 Å². The van der Waals surface area contributed by atoms with Crippen LogP contribution in [-0.4, -0.2) is 37.7 Å². The third-order valence-electron chi connectivity index (χ3n) is 3.50. The number of carbonyl (C=O) groups is 4. The minimum absolute atomic E-state index is 0.201. The van der Waals surface area contributed by atoms with E-state index >= 15 is 0 Å². The number of hydrogen-bond acceptors (Lipinski definition) is 4. The molecular weight excluding hydrogens is 336 g/mol. The van der Waals surface area contributed by atoms with Crippen LogP contribution in [0.25, 0.3) is 0 Å². The fourth-order valence-electron chi connectivity index (χ4n) is 2.21. The second-order valence-electron chi connectivity index (χ2n) is 5.16. The summed E-state index contributed by atoms with van der Waals surface area (Å²) >= 11 is 0. The maximum absolute atomic E-state index is 12.2. The minimum Gasteiger partial charge on any atom is -0.355 e. The van der Waals surface area contributed by atoms with Crippen LogP contribution in [-0.2, 0) is 9.59 Å². The first-order valence-corrected chi connectivity index (χ1v) is 7.72. The van der Waals surface area contributed by atoms with E-state index in [0.717, 1.165) is 0 Å². The molecule has 0 unspecified atom stereocenters. The standard InChI is InChI=1S/C18H18N4O4/c1-19-15(23)11-7-3-5-9-13(11)21-17(25)18(26)22-14-10-6-4-8-12(14)16(24)20-2/h3-10H,1-2H3,(H,19,23)(H,20,24)(H,21,25)(H,22,26). The Morgan fingerprint density at radius 3 is 1.31 bits per heavy atom. The van der Waals surface area contributed by atoms with Gasteiger partial charge in [0.25, 0.3) is 11.8 Å². The summed E-state index contributed by atoms with van der Waals surface area (Å²) in [5.74, 6) is -2.72. The van der Waals surface area contributed by atoms with E-state index in [1.54, 1.807) is 24.3 Å². The average Bonchev–Trinajstić information content (AvgIpc) is 2.67. The molecule has 134 valence electrons. The number of anilines is 2. The van der Waals surface area contributed by atoms with Crippen molar-refractivity contribution in [3.63, 3.8) is 0 Å². The molecule has 8 heteroatoms. The van der Waals surface area contributed by atoms with Crippen molar-refractivity contribution in [2.75, 3.05) is 24.7 Å². The van der Waals surface area contributed by atoms with Crippen LogP contribution in [0.2, 0.25) is 0 Å². The van der Waals surface area contributed by atoms with E-state index in [4.69, 9.17) is 0 Å². The number of benzene rings is 2. The van der Waals surface area contributed by atoms with Crippen LogP contribution < -0.4 is 21.3 Å². The van der Waals surface area contributed by atoms with E-state index in [1.807, 2.05) is 0 Å². The van der Waals surface area contributed by atoms with Crippen LogP contribution in [0.15, 0.2) is 48.5 Å². The van der Waals surface area contributed by atoms with Gasteiger partial charge in [0.05, 0.1) is 22.5 Å². The predicted molar refractivity (Wildman–Crippen MR) is 96.9 cm³/mol. The van der Waals surface area contributed by atoms with Crippen molar-refractivity contribution in [1.29, 1.82) is 0 Å². The van der Waals surface area contributed by atoms with Gasteiger partial charge in [-0.05, 0) is 24.3 Å². The van der Waals surface area contributed by atoms with Crippen molar-refractivity contribution in [2.24, 2.45) is 0 Å². The molecule has 0 saturated carbocycles. The van der Waals surface area contributed by atoms with E-state index in [0.29, 0.717) is 0 Å². The van der Waals surface area contributed by atoms with Crippen molar-refractivity contribution in [3.05, 3.63) is 59.7 Å². The zero-order valence-electron chi connectivity index (χ0n) is 14.3. The fourth-order valence-corrected chi connectivity index (χ4v) is 2.21. The molecule has 0 aliphatic rings. The Bertz CT molecular complexity index is 792. The molecule has 8 nitrogen and oxygen atoms in total. The molecule has 2 rings (SSSR count). The number of carbonyl (C=O) groups excluding carboxylic acids is 4. The Hall–Kier alpha value is -3.68. The largest absolute Gasteiger partial charge is 0.355 e. The van der Waals surface area contributed by atoms with E-state index < -0.39 is 23.6 Å². The molecule has 0 aliphatic heterocycles. The van der Waals surface area contributed by atoms with Crippen molar-refractivity contribution < 1.29 is 19.2 Å². The lowest BCUT2D eigenvalue weighted by Gasteiger charge is -2.12. The highest BCUT2D eigenvalue weighted by Crippen LogP contribution is 2.17. The predicted octanol–water partition coefficient (Wildman–Crippen LogP) is 0.983. The van der Waals surface area contributed by atoms with Gasteiger partial charge in [-0.1, -0.05) is 24.3 Å². The summed E-state index contributed by atoms with van der Waals surface area (Å²) in [7, 11) is 2.92. The van der Waals surface area contributed by atoms with Crippen molar-refractivity contribution >= 4 is 35.0 Å². The Morgan fingerprint density at radius 2 is 0.962 bits per heavy atom. The molecular formula is C18H18N4O4. The van der Waals surface area contributed by atoms with Crippen molar-refractivity contribution in [2.45, 2.75) is 0 Å². The van der Waals surface area contributed by atoms with Gasteiger partial charge in [0.15, 0.2) is 0 Å². The third-order valence-corrected chi connectivity index (χ3v) is 3.50. The van der Waals surface area contributed by atoms with Crippen LogP contribution in [0.4, 0.5) is 11.4 Å². The zero-order valence-corrected chi connectivity index (χ0v) is 14.3. The first-order valence-electron chi connectivity index (χ1n) is 7.72. The van der Waals surface area contributed by atoms with E-state index in [1.165, 1.54) is 38.4 Å². The molecule has 0 bridgehead atoms. The van der Waals surface area contributed by atoms with Crippen molar-refractivity contribution in [3.8, 4) is 0 Å². The molecule has 0 saturated heterocycles. The first kappa shape index (κ1) is 18.7. The summed E-state index contributed by atoms with van der Waals surface area (Å²) in [6.45, 7) is 0. The van der Waals surface area contributed by atoms with Crippen LogP contribution >= 0.6 is 0 Å². The molecule has 0 aromatic heterocycles. The van der Waals surface area contributed by atoms with Gasteiger partial charge in [-0.25, -0.2) is 0 Å². The molecule has 4 amide bonds. The summed E-state index contributed by atoms with van der Waals surface area (Å²) in [5, 5.41) is 9.70. The molecule has 0 fully saturated rings. The lowest BCUT2D eigenvalue weighted by atomic mass is 10.1. The monoisotopic (exact) mass is 354 g/mol. The molecule has 0 spiro atoms.